The lowest BCUT2D eigenvalue weighted by Gasteiger charge is -2.12. The lowest BCUT2D eigenvalue weighted by Crippen LogP contribution is -2.29. The maximum Gasteiger partial charge on any atom is 0.292 e. The molecule has 0 saturated carbocycles. The zero-order valence-corrected chi connectivity index (χ0v) is 8.87. The summed E-state index contributed by atoms with van der Waals surface area (Å²) in [5, 5.41) is 0. The van der Waals surface area contributed by atoms with E-state index in [1.165, 1.54) is 11.6 Å². The summed E-state index contributed by atoms with van der Waals surface area (Å²) >= 11 is 0. The summed E-state index contributed by atoms with van der Waals surface area (Å²) in [7, 11) is 1.46. The molecule has 0 saturated heterocycles. The van der Waals surface area contributed by atoms with Gasteiger partial charge >= 0.3 is 0 Å². The molecule has 0 aliphatic heterocycles. The number of rotatable bonds is 1. The van der Waals surface area contributed by atoms with Crippen LogP contribution >= 0.6 is 0 Å². The molecule has 0 unspecified atom stereocenters. The first-order valence-electron chi connectivity index (χ1n) is 4.75. The molecule has 5 heteroatoms. The number of alkyl halides is 2. The average Bonchev–Trinajstić information content (AvgIpc) is 2.22. The molecule has 0 atom stereocenters. The van der Waals surface area contributed by atoms with Crippen LogP contribution in [-0.2, 0) is 13.0 Å². The highest BCUT2D eigenvalue weighted by Gasteiger charge is 2.31. The maximum absolute atomic E-state index is 13.1. The standard InChI is InChI=1S/C11H10F2N2O/c1-11(12,13)9-10(16)15(2)8-6-4-3-5-7(8)14-9/h3-6H,1-2H3. The second-order valence-electron chi connectivity index (χ2n) is 3.70. The highest BCUT2D eigenvalue weighted by molar-refractivity contribution is 5.74. The van der Waals surface area contributed by atoms with Crippen LogP contribution in [0.2, 0.25) is 0 Å². The molecule has 0 N–H and O–H groups in total. The van der Waals surface area contributed by atoms with E-state index in [9.17, 15) is 13.6 Å². The highest BCUT2D eigenvalue weighted by Crippen LogP contribution is 2.23. The Morgan fingerprint density at radius 1 is 1.31 bits per heavy atom. The zero-order valence-electron chi connectivity index (χ0n) is 8.87. The van der Waals surface area contributed by atoms with E-state index in [4.69, 9.17) is 0 Å². The van der Waals surface area contributed by atoms with E-state index in [1.807, 2.05) is 0 Å². The number of fused-ring (bicyclic) bond motifs is 1. The molecule has 0 aliphatic carbocycles. The van der Waals surface area contributed by atoms with E-state index in [0.29, 0.717) is 18.0 Å². The van der Waals surface area contributed by atoms with Gasteiger partial charge in [0.15, 0.2) is 5.69 Å². The molecule has 1 heterocycles. The average molecular weight is 224 g/mol. The van der Waals surface area contributed by atoms with Gasteiger partial charge in [0.2, 0.25) is 0 Å². The van der Waals surface area contributed by atoms with Crippen molar-refractivity contribution in [3.8, 4) is 0 Å². The van der Waals surface area contributed by atoms with Gasteiger partial charge in [0.05, 0.1) is 11.0 Å². The third-order valence-electron chi connectivity index (χ3n) is 2.40. The van der Waals surface area contributed by atoms with Gasteiger partial charge in [-0.25, -0.2) is 4.98 Å². The molecular weight excluding hydrogens is 214 g/mol. The first kappa shape index (κ1) is 10.7. The summed E-state index contributed by atoms with van der Waals surface area (Å²) < 4.78 is 27.5. The number of benzene rings is 1. The van der Waals surface area contributed by atoms with Crippen LogP contribution < -0.4 is 5.56 Å². The van der Waals surface area contributed by atoms with Crippen LogP contribution in [0.4, 0.5) is 8.78 Å². The van der Waals surface area contributed by atoms with Crippen molar-refractivity contribution in [2.45, 2.75) is 12.8 Å². The van der Waals surface area contributed by atoms with Crippen LogP contribution in [0.1, 0.15) is 12.6 Å². The van der Waals surface area contributed by atoms with Crippen molar-refractivity contribution in [2.24, 2.45) is 7.05 Å². The lowest BCUT2D eigenvalue weighted by molar-refractivity contribution is 0.0111. The van der Waals surface area contributed by atoms with Crippen molar-refractivity contribution in [3.05, 3.63) is 40.3 Å². The van der Waals surface area contributed by atoms with Crippen molar-refractivity contribution in [1.82, 2.24) is 9.55 Å². The molecule has 16 heavy (non-hydrogen) atoms. The summed E-state index contributed by atoms with van der Waals surface area (Å²) in [5.41, 5.74) is -0.540. The fraction of sp³-hybridized carbons (Fsp3) is 0.273. The molecule has 2 rings (SSSR count). The topological polar surface area (TPSA) is 34.9 Å². The molecule has 0 aliphatic rings. The van der Waals surface area contributed by atoms with Crippen molar-refractivity contribution in [3.63, 3.8) is 0 Å². The smallest absolute Gasteiger partial charge is 0.292 e. The Morgan fingerprint density at radius 2 is 1.94 bits per heavy atom. The molecule has 1 aromatic heterocycles. The van der Waals surface area contributed by atoms with E-state index in [2.05, 4.69) is 4.98 Å². The zero-order chi connectivity index (χ0) is 11.9. The van der Waals surface area contributed by atoms with Crippen molar-refractivity contribution < 1.29 is 8.78 Å². The second kappa shape index (κ2) is 3.37. The first-order chi connectivity index (χ1) is 7.41. The fourth-order valence-corrected chi connectivity index (χ4v) is 1.56. The number of aryl methyl sites for hydroxylation is 1. The van der Waals surface area contributed by atoms with Gasteiger partial charge < -0.3 is 4.57 Å². The van der Waals surface area contributed by atoms with E-state index < -0.39 is 17.2 Å². The van der Waals surface area contributed by atoms with Crippen LogP contribution in [0, 0.1) is 0 Å². The number of hydrogen-bond acceptors (Lipinski definition) is 2. The van der Waals surface area contributed by atoms with Gasteiger partial charge in [-0.05, 0) is 12.1 Å². The number of nitrogens with zero attached hydrogens (tertiary/aromatic N) is 2. The number of halogens is 2. The summed E-state index contributed by atoms with van der Waals surface area (Å²) in [6.07, 6.45) is 0. The summed E-state index contributed by atoms with van der Waals surface area (Å²) in [5.74, 6) is -3.22. The van der Waals surface area contributed by atoms with Gasteiger partial charge in [-0.15, -0.1) is 0 Å². The first-order valence-corrected chi connectivity index (χ1v) is 4.75. The Bertz CT molecular complexity index is 599. The molecule has 0 radical (unpaired) electrons. The predicted molar refractivity (Wildman–Crippen MR) is 56.6 cm³/mol. The fourth-order valence-electron chi connectivity index (χ4n) is 1.56. The SMILES string of the molecule is Cn1c(=O)c(C(C)(F)F)nc2ccccc21. The van der Waals surface area contributed by atoms with Gasteiger partial charge in [-0.2, -0.15) is 8.78 Å². The van der Waals surface area contributed by atoms with Gasteiger partial charge in [-0.1, -0.05) is 12.1 Å². The van der Waals surface area contributed by atoms with Crippen LogP contribution in [0.25, 0.3) is 11.0 Å². The van der Waals surface area contributed by atoms with Crippen molar-refractivity contribution in [2.75, 3.05) is 0 Å². The second-order valence-corrected chi connectivity index (χ2v) is 3.70. The summed E-state index contributed by atoms with van der Waals surface area (Å²) in [6.45, 7) is 0.672. The molecule has 0 bridgehead atoms. The van der Waals surface area contributed by atoms with Gasteiger partial charge in [0, 0.05) is 14.0 Å². The monoisotopic (exact) mass is 224 g/mol. The van der Waals surface area contributed by atoms with E-state index in [-0.39, 0.29) is 0 Å². The van der Waals surface area contributed by atoms with Gasteiger partial charge in [-0.3, -0.25) is 4.79 Å². The number of aromatic nitrogens is 2. The highest BCUT2D eigenvalue weighted by atomic mass is 19.3. The van der Waals surface area contributed by atoms with E-state index >= 15 is 0 Å². The van der Waals surface area contributed by atoms with Gasteiger partial charge in [0.1, 0.15) is 0 Å². The minimum absolute atomic E-state index is 0.390. The molecule has 0 fully saturated rings. The van der Waals surface area contributed by atoms with E-state index in [0.717, 1.165) is 0 Å². The van der Waals surface area contributed by atoms with Crippen LogP contribution in [-0.4, -0.2) is 9.55 Å². The van der Waals surface area contributed by atoms with Crippen molar-refractivity contribution >= 4 is 11.0 Å². The molecule has 84 valence electrons. The summed E-state index contributed by atoms with van der Waals surface area (Å²) in [4.78, 5) is 15.4. The minimum atomic E-state index is -3.22. The molecular formula is C11H10F2N2O. The van der Waals surface area contributed by atoms with Crippen molar-refractivity contribution in [1.29, 1.82) is 0 Å². The van der Waals surface area contributed by atoms with E-state index in [1.54, 1.807) is 24.3 Å². The minimum Gasteiger partial charge on any atom is -0.308 e. The lowest BCUT2D eigenvalue weighted by atomic mass is 10.2. The Hall–Kier alpha value is -1.78. The van der Waals surface area contributed by atoms with Crippen LogP contribution in [0.5, 0.6) is 0 Å². The number of para-hydroxylation sites is 2. The Balaban J connectivity index is 2.90. The maximum atomic E-state index is 13.1. The third kappa shape index (κ3) is 1.58. The molecule has 2 aromatic rings. The van der Waals surface area contributed by atoms with Crippen LogP contribution in [0.15, 0.2) is 29.1 Å². The molecule has 1 aromatic carbocycles. The summed E-state index contributed by atoms with van der Waals surface area (Å²) in [6, 6.07) is 6.69. The Morgan fingerprint density at radius 3 is 2.56 bits per heavy atom. The Kier molecular flexibility index (Phi) is 2.26. The molecule has 3 nitrogen and oxygen atoms in total. The quantitative estimate of drug-likeness (QED) is 0.743. The normalized spacial score (nSPS) is 12.0. The third-order valence-corrected chi connectivity index (χ3v) is 2.40. The largest absolute Gasteiger partial charge is 0.308 e. The van der Waals surface area contributed by atoms with Gasteiger partial charge in [0.25, 0.3) is 11.5 Å². The molecule has 0 amide bonds. The Labute approximate surface area is 90.3 Å². The number of hydrogen-bond donors (Lipinski definition) is 0. The molecule has 0 spiro atoms. The van der Waals surface area contributed by atoms with Crippen LogP contribution in [0.3, 0.4) is 0 Å². The predicted octanol–water partition coefficient (Wildman–Crippen LogP) is 2.05.